The van der Waals surface area contributed by atoms with Gasteiger partial charge in [-0.25, -0.2) is 0 Å². The molecule has 0 bridgehead atoms. The van der Waals surface area contributed by atoms with Crippen molar-refractivity contribution in [3.05, 3.63) is 71.3 Å². The Morgan fingerprint density at radius 1 is 1.03 bits per heavy atom. The lowest BCUT2D eigenvalue weighted by Gasteiger charge is -2.30. The number of hydrogen-bond donors (Lipinski definition) is 1. The zero-order valence-corrected chi connectivity index (χ0v) is 19.5. The number of aryl methyl sites for hydroxylation is 1. The maximum absolute atomic E-state index is 13.1. The fourth-order valence-electron chi connectivity index (χ4n) is 3.93. The molecule has 2 amide bonds. The molecule has 0 aliphatic heterocycles. The van der Waals surface area contributed by atoms with Gasteiger partial charge in [0.1, 0.15) is 6.04 Å². The summed E-state index contributed by atoms with van der Waals surface area (Å²) in [5.74, 6) is 1.64. The lowest BCUT2D eigenvalue weighted by atomic mass is 10.1. The number of amides is 2. The van der Waals surface area contributed by atoms with Crippen LogP contribution in [0.25, 0.3) is 0 Å². The number of benzene rings is 2. The highest BCUT2D eigenvalue weighted by Gasteiger charge is 2.28. The minimum atomic E-state index is -0.478. The molecule has 0 spiro atoms. The number of nitrogens with one attached hydrogen (secondary N) is 1. The Morgan fingerprint density at radius 3 is 2.39 bits per heavy atom. The predicted molar refractivity (Wildman–Crippen MR) is 129 cm³/mol. The summed E-state index contributed by atoms with van der Waals surface area (Å²) in [6.45, 7) is 4.36. The topological polar surface area (TPSA) is 49.4 Å². The first-order valence-electron chi connectivity index (χ1n) is 11.3. The van der Waals surface area contributed by atoms with Crippen LogP contribution in [0.1, 0.15) is 55.7 Å². The molecule has 1 saturated carbocycles. The number of carbonyl (C=O) groups is 2. The zero-order valence-electron chi connectivity index (χ0n) is 18.7. The van der Waals surface area contributed by atoms with Crippen molar-refractivity contribution in [2.75, 3.05) is 5.75 Å². The molecule has 1 fully saturated rings. The van der Waals surface area contributed by atoms with Crippen molar-refractivity contribution in [2.45, 2.75) is 70.3 Å². The minimum absolute atomic E-state index is 0.0372. The maximum Gasteiger partial charge on any atom is 0.242 e. The van der Waals surface area contributed by atoms with E-state index in [-0.39, 0.29) is 17.9 Å². The van der Waals surface area contributed by atoms with Gasteiger partial charge in [-0.3, -0.25) is 9.59 Å². The average Bonchev–Trinajstić information content (AvgIpc) is 3.29. The quantitative estimate of drug-likeness (QED) is 0.526. The van der Waals surface area contributed by atoms with Crippen LogP contribution >= 0.6 is 11.8 Å². The van der Waals surface area contributed by atoms with Gasteiger partial charge in [-0.15, -0.1) is 0 Å². The monoisotopic (exact) mass is 438 g/mol. The molecule has 0 saturated heterocycles. The lowest BCUT2D eigenvalue weighted by Crippen LogP contribution is -2.49. The molecule has 2 aromatic carbocycles. The Bertz CT molecular complexity index is 832. The van der Waals surface area contributed by atoms with E-state index in [2.05, 4.69) is 29.6 Å². The summed E-state index contributed by atoms with van der Waals surface area (Å²) < 4.78 is 0. The Balaban J connectivity index is 1.59. The average molecular weight is 439 g/mol. The van der Waals surface area contributed by atoms with Crippen molar-refractivity contribution in [3.8, 4) is 0 Å². The third-order valence-corrected chi connectivity index (χ3v) is 6.94. The fourth-order valence-corrected chi connectivity index (χ4v) is 4.82. The van der Waals surface area contributed by atoms with Crippen molar-refractivity contribution in [1.29, 1.82) is 0 Å². The van der Waals surface area contributed by atoms with Gasteiger partial charge in [-0.2, -0.15) is 11.8 Å². The van der Waals surface area contributed by atoms with E-state index in [9.17, 15) is 9.59 Å². The van der Waals surface area contributed by atoms with Gasteiger partial charge in [0.25, 0.3) is 0 Å². The number of nitrogens with zero attached hydrogens (tertiary/aromatic N) is 1. The number of thioether (sulfide) groups is 1. The summed E-state index contributed by atoms with van der Waals surface area (Å²) in [4.78, 5) is 27.8. The Morgan fingerprint density at radius 2 is 1.71 bits per heavy atom. The molecular formula is C26H34N2O2S. The molecule has 1 aliphatic carbocycles. The molecule has 3 rings (SSSR count). The van der Waals surface area contributed by atoms with Crippen LogP contribution < -0.4 is 5.32 Å². The van der Waals surface area contributed by atoms with E-state index in [0.717, 1.165) is 29.9 Å². The molecule has 0 unspecified atom stereocenters. The summed E-state index contributed by atoms with van der Waals surface area (Å²) >= 11 is 1.76. The predicted octanol–water partition coefficient (Wildman–Crippen LogP) is 5.09. The Hall–Kier alpha value is -2.27. The van der Waals surface area contributed by atoms with Crippen LogP contribution in [-0.4, -0.2) is 34.6 Å². The standard InChI is InChI=1S/C26H34N2O2S/c1-20-12-14-22(15-13-20)18-28(21(2)26(30)27-24-10-6-7-11-24)25(29)16-17-31-19-23-8-4-3-5-9-23/h3-5,8-9,12-15,21,24H,6-7,10-11,16-19H2,1-2H3,(H,27,30)/t21-/m1/s1. The summed E-state index contributed by atoms with van der Waals surface area (Å²) in [5, 5.41) is 3.16. The number of carbonyl (C=O) groups excluding carboxylic acids is 2. The molecule has 1 atom stereocenters. The van der Waals surface area contributed by atoms with E-state index in [0.29, 0.717) is 13.0 Å². The first-order chi connectivity index (χ1) is 15.0. The Labute approximate surface area is 190 Å². The highest BCUT2D eigenvalue weighted by Crippen LogP contribution is 2.19. The van der Waals surface area contributed by atoms with E-state index in [1.807, 2.05) is 44.2 Å². The molecule has 0 heterocycles. The summed E-state index contributed by atoms with van der Waals surface area (Å²) in [6.07, 6.45) is 4.86. The van der Waals surface area contributed by atoms with Gasteiger partial charge < -0.3 is 10.2 Å². The van der Waals surface area contributed by atoms with Gasteiger partial charge in [-0.1, -0.05) is 73.0 Å². The minimum Gasteiger partial charge on any atom is -0.352 e. The van der Waals surface area contributed by atoms with E-state index in [1.54, 1.807) is 16.7 Å². The van der Waals surface area contributed by atoms with Crippen molar-refractivity contribution in [3.63, 3.8) is 0 Å². The third-order valence-electron chi connectivity index (χ3n) is 5.91. The van der Waals surface area contributed by atoms with Crippen molar-refractivity contribution in [2.24, 2.45) is 0 Å². The molecule has 1 aliphatic rings. The van der Waals surface area contributed by atoms with E-state index < -0.39 is 6.04 Å². The number of rotatable bonds is 10. The van der Waals surface area contributed by atoms with Crippen LogP contribution in [0.15, 0.2) is 54.6 Å². The summed E-state index contributed by atoms with van der Waals surface area (Å²) in [5.41, 5.74) is 3.50. The van der Waals surface area contributed by atoms with Crippen LogP contribution in [0, 0.1) is 6.92 Å². The van der Waals surface area contributed by atoms with Crippen LogP contribution in [0.2, 0.25) is 0 Å². The lowest BCUT2D eigenvalue weighted by molar-refractivity contribution is -0.140. The highest BCUT2D eigenvalue weighted by atomic mass is 32.2. The van der Waals surface area contributed by atoms with Crippen molar-refractivity contribution < 1.29 is 9.59 Å². The Kier molecular flexibility index (Phi) is 9.01. The normalized spacial score (nSPS) is 14.9. The summed E-state index contributed by atoms with van der Waals surface area (Å²) in [7, 11) is 0. The molecule has 2 aromatic rings. The second-order valence-corrected chi connectivity index (χ2v) is 9.57. The molecule has 0 aromatic heterocycles. The molecular weight excluding hydrogens is 404 g/mol. The van der Waals surface area contributed by atoms with E-state index >= 15 is 0 Å². The molecule has 1 N–H and O–H groups in total. The smallest absolute Gasteiger partial charge is 0.242 e. The highest BCUT2D eigenvalue weighted by molar-refractivity contribution is 7.98. The first-order valence-corrected chi connectivity index (χ1v) is 12.5. The molecule has 0 radical (unpaired) electrons. The molecule has 4 nitrogen and oxygen atoms in total. The first kappa shape index (κ1) is 23.4. The van der Waals surface area contributed by atoms with Crippen LogP contribution in [0.5, 0.6) is 0 Å². The number of hydrogen-bond acceptors (Lipinski definition) is 3. The largest absolute Gasteiger partial charge is 0.352 e. The van der Waals surface area contributed by atoms with E-state index in [1.165, 1.54) is 24.0 Å². The second kappa shape index (κ2) is 11.9. The molecule has 5 heteroatoms. The van der Waals surface area contributed by atoms with Crippen molar-refractivity contribution in [1.82, 2.24) is 10.2 Å². The van der Waals surface area contributed by atoms with Crippen LogP contribution in [0.3, 0.4) is 0 Å². The van der Waals surface area contributed by atoms with Gasteiger partial charge in [0, 0.05) is 30.5 Å². The third kappa shape index (κ3) is 7.42. The second-order valence-electron chi connectivity index (χ2n) is 8.46. The fraction of sp³-hybridized carbons (Fsp3) is 0.462. The molecule has 166 valence electrons. The summed E-state index contributed by atoms with van der Waals surface area (Å²) in [6, 6.07) is 18.3. The van der Waals surface area contributed by atoms with Gasteiger partial charge in [0.05, 0.1) is 0 Å². The molecule has 31 heavy (non-hydrogen) atoms. The zero-order chi connectivity index (χ0) is 22.1. The van der Waals surface area contributed by atoms with Crippen LogP contribution in [0.4, 0.5) is 0 Å². The van der Waals surface area contributed by atoms with E-state index in [4.69, 9.17) is 0 Å². The van der Waals surface area contributed by atoms with Gasteiger partial charge in [0.15, 0.2) is 0 Å². The van der Waals surface area contributed by atoms with Crippen LogP contribution in [-0.2, 0) is 21.9 Å². The SMILES string of the molecule is Cc1ccc(CN(C(=O)CCSCc2ccccc2)[C@H](C)C(=O)NC2CCCC2)cc1. The van der Waals surface area contributed by atoms with Gasteiger partial charge in [-0.05, 0) is 37.8 Å². The van der Waals surface area contributed by atoms with Gasteiger partial charge >= 0.3 is 0 Å². The maximum atomic E-state index is 13.1. The van der Waals surface area contributed by atoms with Crippen molar-refractivity contribution >= 4 is 23.6 Å². The van der Waals surface area contributed by atoms with Gasteiger partial charge in [0.2, 0.25) is 11.8 Å².